The summed E-state index contributed by atoms with van der Waals surface area (Å²) in [6, 6.07) is 8.27. The number of aromatic nitrogens is 2. The van der Waals surface area contributed by atoms with Crippen molar-refractivity contribution in [1.29, 1.82) is 0 Å². The highest BCUT2D eigenvalue weighted by molar-refractivity contribution is 9.10. The molecule has 0 aliphatic carbocycles. The lowest BCUT2D eigenvalue weighted by Gasteiger charge is -2.02. The van der Waals surface area contributed by atoms with Gasteiger partial charge in [0.25, 0.3) is 0 Å². The summed E-state index contributed by atoms with van der Waals surface area (Å²) in [5.74, 6) is 0. The predicted molar refractivity (Wildman–Crippen MR) is 84.1 cm³/mol. The maximum atomic E-state index is 5.71. The molecule has 2 N–H and O–H groups in total. The maximum Gasteiger partial charge on any atom is 0.194 e. The molecule has 0 unspecified atom stereocenters. The molecule has 0 atom stereocenters. The van der Waals surface area contributed by atoms with Crippen LogP contribution in [0.5, 0.6) is 0 Å². The molecule has 0 bridgehead atoms. The number of benzene rings is 1. The predicted octanol–water partition coefficient (Wildman–Crippen LogP) is 3.81. The molecule has 0 amide bonds. The van der Waals surface area contributed by atoms with E-state index in [2.05, 4.69) is 49.0 Å². The molecule has 0 aliphatic heterocycles. The molecular formula is C13H12BrN3S2. The number of nitrogens with zero attached hydrogens (tertiary/aromatic N) is 2. The number of thiazole rings is 1. The highest BCUT2D eigenvalue weighted by atomic mass is 79.9. The van der Waals surface area contributed by atoms with Crippen molar-refractivity contribution in [2.24, 2.45) is 5.73 Å². The minimum absolute atomic E-state index is 0.636. The van der Waals surface area contributed by atoms with Gasteiger partial charge in [-0.15, -0.1) is 11.3 Å². The number of imidazole rings is 1. The van der Waals surface area contributed by atoms with Crippen molar-refractivity contribution in [2.75, 3.05) is 6.54 Å². The minimum Gasteiger partial charge on any atom is -0.330 e. The highest BCUT2D eigenvalue weighted by Gasteiger charge is 2.13. The number of fused-ring (bicyclic) bond motifs is 1. The van der Waals surface area contributed by atoms with Crippen LogP contribution in [0.3, 0.4) is 0 Å². The Balaban J connectivity index is 1.97. The van der Waals surface area contributed by atoms with Crippen molar-refractivity contribution in [3.05, 3.63) is 46.0 Å². The van der Waals surface area contributed by atoms with Crippen molar-refractivity contribution < 1.29 is 0 Å². The van der Waals surface area contributed by atoms with Gasteiger partial charge in [-0.05, 0) is 30.8 Å². The van der Waals surface area contributed by atoms with Gasteiger partial charge in [-0.1, -0.05) is 27.7 Å². The zero-order chi connectivity index (χ0) is 13.2. The lowest BCUT2D eigenvalue weighted by molar-refractivity contribution is 0.879. The number of nitrogens with two attached hydrogens (primary N) is 1. The zero-order valence-electron chi connectivity index (χ0n) is 10.0. The molecule has 0 aliphatic rings. The standard InChI is InChI=1S/C13H12BrN3S2/c14-9-1-3-10(4-2-9)19-12-11(5-6-15)17-7-8-18-13(17)16-12/h1-4,7-8H,5-6,15H2. The topological polar surface area (TPSA) is 43.3 Å². The molecule has 2 heterocycles. The van der Waals surface area contributed by atoms with Crippen LogP contribution in [-0.2, 0) is 6.42 Å². The smallest absolute Gasteiger partial charge is 0.194 e. The Morgan fingerprint density at radius 2 is 2.11 bits per heavy atom. The fraction of sp³-hybridized carbons (Fsp3) is 0.154. The third-order valence-corrected chi connectivity index (χ3v) is 5.05. The van der Waals surface area contributed by atoms with Gasteiger partial charge in [0.2, 0.25) is 0 Å². The largest absolute Gasteiger partial charge is 0.330 e. The number of rotatable bonds is 4. The van der Waals surface area contributed by atoms with Crippen LogP contribution in [0, 0.1) is 0 Å². The molecule has 98 valence electrons. The van der Waals surface area contributed by atoms with E-state index >= 15 is 0 Å². The second-order valence-electron chi connectivity index (χ2n) is 4.01. The van der Waals surface area contributed by atoms with Gasteiger partial charge in [0.05, 0.1) is 5.69 Å². The van der Waals surface area contributed by atoms with Crippen molar-refractivity contribution in [1.82, 2.24) is 9.38 Å². The molecule has 0 radical (unpaired) electrons. The normalized spacial score (nSPS) is 11.3. The number of hydrogen-bond acceptors (Lipinski definition) is 4. The zero-order valence-corrected chi connectivity index (χ0v) is 13.3. The average molecular weight is 354 g/mol. The summed E-state index contributed by atoms with van der Waals surface area (Å²) in [5, 5.41) is 3.11. The molecule has 0 saturated carbocycles. The molecule has 0 saturated heterocycles. The van der Waals surface area contributed by atoms with Crippen molar-refractivity contribution in [2.45, 2.75) is 16.3 Å². The molecule has 6 heteroatoms. The van der Waals surface area contributed by atoms with E-state index in [1.165, 1.54) is 10.6 Å². The molecule has 3 nitrogen and oxygen atoms in total. The average Bonchev–Trinajstić information content (AvgIpc) is 2.96. The maximum absolute atomic E-state index is 5.71. The quantitative estimate of drug-likeness (QED) is 0.775. The molecule has 0 fully saturated rings. The van der Waals surface area contributed by atoms with Crippen LogP contribution in [-0.4, -0.2) is 15.9 Å². The van der Waals surface area contributed by atoms with E-state index in [4.69, 9.17) is 5.73 Å². The van der Waals surface area contributed by atoms with E-state index < -0.39 is 0 Å². The van der Waals surface area contributed by atoms with Crippen LogP contribution >= 0.6 is 39.0 Å². The second kappa shape index (κ2) is 5.66. The molecular weight excluding hydrogens is 342 g/mol. The summed E-state index contributed by atoms with van der Waals surface area (Å²) >= 11 is 6.79. The Hall–Kier alpha value is -0.820. The Bertz CT molecular complexity index is 688. The van der Waals surface area contributed by atoms with Gasteiger partial charge in [0.1, 0.15) is 5.03 Å². The van der Waals surface area contributed by atoms with E-state index in [-0.39, 0.29) is 0 Å². The Kier molecular flexibility index (Phi) is 3.93. The molecule has 0 spiro atoms. The van der Waals surface area contributed by atoms with Gasteiger partial charge in [-0.2, -0.15) is 0 Å². The number of halogens is 1. The summed E-state index contributed by atoms with van der Waals surface area (Å²) in [4.78, 5) is 6.90. The number of hydrogen-bond donors (Lipinski definition) is 1. The monoisotopic (exact) mass is 353 g/mol. The Labute approximate surface area is 128 Å². The van der Waals surface area contributed by atoms with E-state index in [1.807, 2.05) is 12.1 Å². The van der Waals surface area contributed by atoms with Gasteiger partial charge in [0, 0.05) is 27.4 Å². The highest BCUT2D eigenvalue weighted by Crippen LogP contribution is 2.32. The Morgan fingerprint density at radius 1 is 1.32 bits per heavy atom. The summed E-state index contributed by atoms with van der Waals surface area (Å²) in [6.45, 7) is 0.636. The molecule has 2 aromatic heterocycles. The van der Waals surface area contributed by atoms with Crippen LogP contribution in [0.1, 0.15) is 5.69 Å². The van der Waals surface area contributed by atoms with E-state index in [9.17, 15) is 0 Å². The first-order chi connectivity index (χ1) is 9.28. The first-order valence-electron chi connectivity index (χ1n) is 5.86. The molecule has 3 rings (SSSR count). The summed E-state index contributed by atoms with van der Waals surface area (Å²) in [6.07, 6.45) is 2.90. The third kappa shape index (κ3) is 2.72. The van der Waals surface area contributed by atoms with E-state index in [1.54, 1.807) is 23.1 Å². The van der Waals surface area contributed by atoms with Crippen LogP contribution in [0.25, 0.3) is 4.96 Å². The molecule has 19 heavy (non-hydrogen) atoms. The van der Waals surface area contributed by atoms with Gasteiger partial charge < -0.3 is 5.73 Å². The van der Waals surface area contributed by atoms with Crippen molar-refractivity contribution in [3.63, 3.8) is 0 Å². The lowest BCUT2D eigenvalue weighted by atomic mass is 10.3. The van der Waals surface area contributed by atoms with Gasteiger partial charge in [0.15, 0.2) is 4.96 Å². The van der Waals surface area contributed by atoms with Crippen LogP contribution in [0.15, 0.2) is 50.2 Å². The first-order valence-corrected chi connectivity index (χ1v) is 8.35. The fourth-order valence-corrected chi connectivity index (χ4v) is 3.87. The molecule has 1 aromatic carbocycles. The summed E-state index contributed by atoms with van der Waals surface area (Å²) < 4.78 is 3.23. The first kappa shape index (κ1) is 13.2. The third-order valence-electron chi connectivity index (χ3n) is 2.73. The lowest BCUT2D eigenvalue weighted by Crippen LogP contribution is -2.05. The van der Waals surface area contributed by atoms with Crippen LogP contribution in [0.2, 0.25) is 0 Å². The minimum atomic E-state index is 0.636. The Morgan fingerprint density at radius 3 is 2.84 bits per heavy atom. The van der Waals surface area contributed by atoms with Gasteiger partial charge in [-0.25, -0.2) is 4.98 Å². The van der Waals surface area contributed by atoms with Crippen LogP contribution in [0.4, 0.5) is 0 Å². The van der Waals surface area contributed by atoms with E-state index in [0.717, 1.165) is 20.9 Å². The van der Waals surface area contributed by atoms with Crippen molar-refractivity contribution in [3.8, 4) is 0 Å². The van der Waals surface area contributed by atoms with Gasteiger partial charge >= 0.3 is 0 Å². The van der Waals surface area contributed by atoms with E-state index in [0.29, 0.717) is 6.54 Å². The summed E-state index contributed by atoms with van der Waals surface area (Å²) in [7, 11) is 0. The second-order valence-corrected chi connectivity index (χ2v) is 6.86. The molecule has 3 aromatic rings. The van der Waals surface area contributed by atoms with Crippen molar-refractivity contribution >= 4 is 44.0 Å². The summed E-state index contributed by atoms with van der Waals surface area (Å²) in [5.41, 5.74) is 6.91. The SMILES string of the molecule is NCCc1c(Sc2ccc(Br)cc2)nc2sccn12. The van der Waals surface area contributed by atoms with Gasteiger partial charge in [-0.3, -0.25) is 4.40 Å². The van der Waals surface area contributed by atoms with Crippen LogP contribution < -0.4 is 5.73 Å². The fourth-order valence-electron chi connectivity index (χ4n) is 1.87.